The van der Waals surface area contributed by atoms with Crippen LogP contribution >= 0.6 is 0 Å². The summed E-state index contributed by atoms with van der Waals surface area (Å²) in [4.78, 5) is 39.5. The number of hydrogen-bond acceptors (Lipinski definition) is 8. The van der Waals surface area contributed by atoms with Gasteiger partial charge in [-0.1, -0.05) is 0 Å². The Hall–Kier alpha value is -1.84. The van der Waals surface area contributed by atoms with E-state index in [9.17, 15) is 29.4 Å². The molecule has 27 heavy (non-hydrogen) atoms. The van der Waals surface area contributed by atoms with Gasteiger partial charge in [-0.15, -0.1) is 0 Å². The Labute approximate surface area is 170 Å². The molecule has 0 N–H and O–H groups in total. The van der Waals surface area contributed by atoms with Crippen LogP contribution in [0.2, 0.25) is 8.87 Å². The van der Waals surface area contributed by atoms with E-state index in [0.717, 1.165) is 26.4 Å². The molecule has 0 radical (unpaired) electrons. The van der Waals surface area contributed by atoms with Crippen LogP contribution in [0.15, 0.2) is 24.3 Å². The topological polar surface area (TPSA) is 133 Å². The minimum Gasteiger partial charge on any atom is -0.545 e. The van der Waals surface area contributed by atoms with E-state index in [-0.39, 0.29) is 21.1 Å². The number of hydrogen-bond donors (Lipinski definition) is 0. The van der Waals surface area contributed by atoms with Gasteiger partial charge < -0.3 is 29.3 Å². The van der Waals surface area contributed by atoms with E-state index in [4.69, 9.17) is 0 Å². The van der Waals surface area contributed by atoms with E-state index in [1.165, 1.54) is 25.7 Å². The SMILES string of the molecule is CCC[CH2][Sn+2][CH2]CCC.COC(=O)/C=C\C(=O)[O-].COC(=O)/C=C\C(=O)[O-]. The van der Waals surface area contributed by atoms with Gasteiger partial charge in [-0.3, -0.25) is 0 Å². The zero-order valence-corrected chi connectivity index (χ0v) is 19.2. The number of carbonyl (C=O) groups excluding carboxylic acids is 4. The fourth-order valence-electron chi connectivity index (χ4n) is 1.14. The van der Waals surface area contributed by atoms with Crippen molar-refractivity contribution < 1.29 is 38.9 Å². The second-order valence-electron chi connectivity index (χ2n) is 4.81. The molecule has 0 amide bonds. The number of esters is 2. The number of ether oxygens (including phenoxy) is 2. The molecule has 0 saturated carbocycles. The van der Waals surface area contributed by atoms with Crippen LogP contribution in [0.5, 0.6) is 0 Å². The molecule has 0 fully saturated rings. The summed E-state index contributed by atoms with van der Waals surface area (Å²) >= 11 is 0.149. The van der Waals surface area contributed by atoms with Crippen molar-refractivity contribution in [2.45, 2.75) is 48.4 Å². The molecule has 0 saturated heterocycles. The monoisotopic (exact) mass is 492 g/mol. The molecule has 9 heteroatoms. The van der Waals surface area contributed by atoms with E-state index in [1.54, 1.807) is 8.87 Å². The predicted molar refractivity (Wildman–Crippen MR) is 97.5 cm³/mol. The number of carboxylic acid groups (broad SMARTS) is 2. The number of unbranched alkanes of at least 4 members (excludes halogenated alkanes) is 2. The number of carbonyl (C=O) groups is 4. The zero-order valence-electron chi connectivity index (χ0n) is 16.3. The number of rotatable bonds is 10. The van der Waals surface area contributed by atoms with Crippen LogP contribution in [0.4, 0.5) is 0 Å². The molecule has 0 heterocycles. The molecule has 0 aliphatic carbocycles. The summed E-state index contributed by atoms with van der Waals surface area (Å²) < 4.78 is 11.4. The van der Waals surface area contributed by atoms with Gasteiger partial charge >= 0.3 is 81.5 Å². The standard InChI is InChI=1S/2C5H6O4.2C4H9.Sn/c2*1-9-5(8)3-2-4(6)7;2*1-3-4-2;/h2*2-3H,1H3,(H,6,7);2*1,3-4H2,2H3;/q;;;;+2/p-2/b2*3-2-;;;. The van der Waals surface area contributed by atoms with Crippen molar-refractivity contribution in [2.24, 2.45) is 0 Å². The largest absolute Gasteiger partial charge is 0.545 e. The first kappa shape index (κ1) is 29.9. The second kappa shape index (κ2) is 24.2. The van der Waals surface area contributed by atoms with Crippen LogP contribution in [0.3, 0.4) is 0 Å². The first-order valence-corrected chi connectivity index (χ1v) is 12.4. The van der Waals surface area contributed by atoms with Gasteiger partial charge in [0.05, 0.1) is 26.2 Å². The van der Waals surface area contributed by atoms with E-state index in [0.29, 0.717) is 12.2 Å². The van der Waals surface area contributed by atoms with Crippen molar-refractivity contribution >= 4 is 45.0 Å². The molecule has 8 nitrogen and oxygen atoms in total. The zero-order chi connectivity index (χ0) is 21.5. The fourth-order valence-corrected chi connectivity index (χ4v) is 5.30. The maximum Gasteiger partial charge on any atom is 0.330 e. The smallest absolute Gasteiger partial charge is 0.330 e. The van der Waals surface area contributed by atoms with Gasteiger partial charge in [0.2, 0.25) is 0 Å². The molecule has 152 valence electrons. The summed E-state index contributed by atoms with van der Waals surface area (Å²) in [5.74, 6) is -4.25. The summed E-state index contributed by atoms with van der Waals surface area (Å²) in [6, 6.07) is 0. The summed E-state index contributed by atoms with van der Waals surface area (Å²) in [5, 5.41) is 19.2. The van der Waals surface area contributed by atoms with Crippen LogP contribution in [0.1, 0.15) is 39.5 Å². The Morgan fingerprint density at radius 3 is 1.30 bits per heavy atom. The number of aliphatic carboxylic acids is 2. The quantitative estimate of drug-likeness (QED) is 0.181. The molecule has 0 aliphatic heterocycles. The van der Waals surface area contributed by atoms with Crippen LogP contribution in [0.25, 0.3) is 0 Å². The number of carboxylic acids is 2. The predicted octanol–water partition coefficient (Wildman–Crippen LogP) is 0.0584. The fraction of sp³-hybridized carbons (Fsp3) is 0.556. The van der Waals surface area contributed by atoms with Crippen LogP contribution in [-0.2, 0) is 28.7 Å². The molecule has 0 aromatic rings. The van der Waals surface area contributed by atoms with Crippen molar-refractivity contribution in [3.63, 3.8) is 0 Å². The summed E-state index contributed by atoms with van der Waals surface area (Å²) in [6.07, 6.45) is 8.59. The third-order valence-corrected chi connectivity index (χ3v) is 6.56. The summed E-state index contributed by atoms with van der Waals surface area (Å²) in [6.45, 7) is 4.58. The molecule has 0 unspecified atom stereocenters. The van der Waals surface area contributed by atoms with Crippen LogP contribution in [0, 0.1) is 0 Å². The third kappa shape index (κ3) is 36.0. The minimum absolute atomic E-state index is 0.149. The summed E-state index contributed by atoms with van der Waals surface area (Å²) in [5.41, 5.74) is 0. The first-order valence-electron chi connectivity index (χ1n) is 8.39. The maximum atomic E-state index is 10.1. The molecule has 0 spiro atoms. The minimum atomic E-state index is -1.42. The Bertz CT molecular complexity index is 430. The first-order chi connectivity index (χ1) is 12.7. The summed E-state index contributed by atoms with van der Waals surface area (Å²) in [7, 11) is 2.31. The molecular weight excluding hydrogens is 463 g/mol. The Balaban J connectivity index is -0.000000320. The Morgan fingerprint density at radius 1 is 0.741 bits per heavy atom. The Kier molecular flexibility index (Phi) is 26.8. The molecule has 0 bridgehead atoms. The van der Waals surface area contributed by atoms with Crippen molar-refractivity contribution in [3.8, 4) is 0 Å². The second-order valence-corrected chi connectivity index (χ2v) is 9.09. The Morgan fingerprint density at radius 2 is 1.07 bits per heavy atom. The van der Waals surface area contributed by atoms with Crippen molar-refractivity contribution in [2.75, 3.05) is 14.2 Å². The average Bonchev–Trinajstić information content (AvgIpc) is 2.65. The van der Waals surface area contributed by atoms with Gasteiger partial charge in [-0.2, -0.15) is 0 Å². The molecule has 0 aromatic carbocycles. The van der Waals surface area contributed by atoms with Crippen molar-refractivity contribution in [1.29, 1.82) is 0 Å². The van der Waals surface area contributed by atoms with Gasteiger partial charge in [-0.05, 0) is 12.2 Å². The van der Waals surface area contributed by atoms with Gasteiger partial charge in [0.1, 0.15) is 0 Å². The van der Waals surface area contributed by atoms with Crippen molar-refractivity contribution in [1.82, 2.24) is 0 Å². The third-order valence-electron chi connectivity index (χ3n) is 2.53. The molecule has 0 aliphatic rings. The van der Waals surface area contributed by atoms with Crippen molar-refractivity contribution in [3.05, 3.63) is 24.3 Å². The van der Waals surface area contributed by atoms with Crippen LogP contribution in [-0.4, -0.2) is 59.2 Å². The number of methoxy groups -OCH3 is 2. The normalized spacial score (nSPS) is 9.33. The molecule has 0 atom stereocenters. The molecular formula is C18H28O8Sn. The molecule has 0 aromatic heterocycles. The van der Waals surface area contributed by atoms with E-state index in [2.05, 4.69) is 23.3 Å². The van der Waals surface area contributed by atoms with Gasteiger partial charge in [0.25, 0.3) is 0 Å². The van der Waals surface area contributed by atoms with Gasteiger partial charge in [0.15, 0.2) is 0 Å². The molecule has 0 rings (SSSR count). The van der Waals surface area contributed by atoms with E-state index in [1.807, 2.05) is 0 Å². The van der Waals surface area contributed by atoms with E-state index < -0.39 is 23.9 Å². The van der Waals surface area contributed by atoms with Gasteiger partial charge in [0, 0.05) is 12.2 Å². The average molecular weight is 491 g/mol. The van der Waals surface area contributed by atoms with E-state index >= 15 is 0 Å². The maximum absolute atomic E-state index is 10.1. The van der Waals surface area contributed by atoms with Gasteiger partial charge in [-0.25, -0.2) is 9.59 Å². The van der Waals surface area contributed by atoms with Crippen LogP contribution < -0.4 is 10.2 Å².